The lowest BCUT2D eigenvalue weighted by Crippen LogP contribution is -2.19. The minimum atomic E-state index is -0.976. The lowest BCUT2D eigenvalue weighted by molar-refractivity contribution is -0.136. The molecule has 1 aromatic heterocycles. The molecule has 1 aromatic carbocycles. The summed E-state index contributed by atoms with van der Waals surface area (Å²) in [6.07, 6.45) is 0.723. The number of phenolic OH excluding ortho intramolecular Hbond substituents is 1. The second kappa shape index (κ2) is 8.86. The van der Waals surface area contributed by atoms with Crippen LogP contribution in [-0.2, 0) is 16.0 Å². The van der Waals surface area contributed by atoms with E-state index < -0.39 is 11.2 Å². The maximum atomic E-state index is 12.7. The first-order valence-electron chi connectivity index (χ1n) is 7.92. The SMILES string of the molecule is CCc1cc(C(=O)c2ccc(O)cc2)c(NC(=O)CSC(C)C(=O)O)s1. The van der Waals surface area contributed by atoms with Gasteiger partial charge in [-0.15, -0.1) is 23.1 Å². The van der Waals surface area contributed by atoms with Crippen LogP contribution in [-0.4, -0.2) is 38.9 Å². The lowest BCUT2D eigenvalue weighted by atomic mass is 10.0. The quantitative estimate of drug-likeness (QED) is 0.594. The van der Waals surface area contributed by atoms with Gasteiger partial charge < -0.3 is 15.5 Å². The zero-order chi connectivity index (χ0) is 19.3. The number of phenols is 1. The number of thiophene rings is 1. The van der Waals surface area contributed by atoms with E-state index >= 15 is 0 Å². The molecule has 1 amide bonds. The maximum absolute atomic E-state index is 12.7. The third-order valence-corrected chi connectivity index (χ3v) is 5.90. The molecular weight excluding hydrogens is 374 g/mol. The summed E-state index contributed by atoms with van der Waals surface area (Å²) in [6.45, 7) is 3.47. The number of rotatable bonds is 8. The van der Waals surface area contributed by atoms with Crippen molar-refractivity contribution >= 4 is 45.8 Å². The molecule has 8 heteroatoms. The van der Waals surface area contributed by atoms with E-state index in [-0.39, 0.29) is 23.2 Å². The van der Waals surface area contributed by atoms with Gasteiger partial charge in [-0.2, -0.15) is 0 Å². The second-order valence-corrected chi connectivity index (χ2v) is 7.99. The van der Waals surface area contributed by atoms with Gasteiger partial charge in [-0.3, -0.25) is 14.4 Å². The zero-order valence-electron chi connectivity index (χ0n) is 14.3. The van der Waals surface area contributed by atoms with Crippen LogP contribution in [0.5, 0.6) is 5.75 Å². The van der Waals surface area contributed by atoms with Crippen LogP contribution in [0.25, 0.3) is 0 Å². The number of aliphatic carboxylic acids is 1. The Morgan fingerprint density at radius 3 is 2.46 bits per heavy atom. The third-order valence-electron chi connectivity index (χ3n) is 3.57. The molecule has 6 nitrogen and oxygen atoms in total. The number of hydrogen-bond donors (Lipinski definition) is 3. The number of amides is 1. The van der Waals surface area contributed by atoms with Crippen molar-refractivity contribution in [3.8, 4) is 5.75 Å². The fourth-order valence-electron chi connectivity index (χ4n) is 2.08. The van der Waals surface area contributed by atoms with Crippen LogP contribution >= 0.6 is 23.1 Å². The fraction of sp³-hybridized carbons (Fsp3) is 0.278. The number of carboxylic acid groups (broad SMARTS) is 1. The normalized spacial score (nSPS) is 11.8. The number of ketones is 1. The zero-order valence-corrected chi connectivity index (χ0v) is 15.9. The second-order valence-electron chi connectivity index (χ2n) is 5.52. The number of thioether (sulfide) groups is 1. The van der Waals surface area contributed by atoms with Gasteiger partial charge >= 0.3 is 5.97 Å². The number of carbonyl (C=O) groups is 3. The number of anilines is 1. The van der Waals surface area contributed by atoms with Crippen molar-refractivity contribution in [3.05, 3.63) is 46.3 Å². The lowest BCUT2D eigenvalue weighted by Gasteiger charge is -2.08. The highest BCUT2D eigenvalue weighted by molar-refractivity contribution is 8.01. The van der Waals surface area contributed by atoms with Crippen molar-refractivity contribution in [1.82, 2.24) is 0 Å². The molecule has 1 atom stereocenters. The van der Waals surface area contributed by atoms with Gasteiger partial charge in [0.1, 0.15) is 10.8 Å². The van der Waals surface area contributed by atoms with Crippen molar-refractivity contribution < 1.29 is 24.6 Å². The average Bonchev–Trinajstić information content (AvgIpc) is 3.02. The summed E-state index contributed by atoms with van der Waals surface area (Å²) in [5.74, 6) is -1.52. The predicted octanol–water partition coefficient (Wildman–Crippen LogP) is 3.39. The molecule has 0 bridgehead atoms. The van der Waals surface area contributed by atoms with Crippen LogP contribution in [0.1, 0.15) is 34.6 Å². The van der Waals surface area contributed by atoms with Crippen LogP contribution in [0.15, 0.2) is 30.3 Å². The topological polar surface area (TPSA) is 104 Å². The summed E-state index contributed by atoms with van der Waals surface area (Å²) in [7, 11) is 0. The van der Waals surface area contributed by atoms with Crippen molar-refractivity contribution in [2.24, 2.45) is 0 Å². The van der Waals surface area contributed by atoms with E-state index in [4.69, 9.17) is 5.11 Å². The van der Waals surface area contributed by atoms with Crippen LogP contribution in [0.4, 0.5) is 5.00 Å². The van der Waals surface area contributed by atoms with Crippen molar-refractivity contribution in [2.45, 2.75) is 25.5 Å². The summed E-state index contributed by atoms with van der Waals surface area (Å²) < 4.78 is 0. The van der Waals surface area contributed by atoms with Crippen molar-refractivity contribution in [2.75, 3.05) is 11.1 Å². The monoisotopic (exact) mass is 393 g/mol. The van der Waals surface area contributed by atoms with E-state index in [2.05, 4.69) is 5.32 Å². The highest BCUT2D eigenvalue weighted by Crippen LogP contribution is 2.31. The first-order valence-corrected chi connectivity index (χ1v) is 9.79. The van der Waals surface area contributed by atoms with Gasteiger partial charge in [-0.25, -0.2) is 0 Å². The summed E-state index contributed by atoms with van der Waals surface area (Å²) in [5.41, 5.74) is 0.801. The number of carboxylic acids is 1. The molecular formula is C18H19NO5S2. The summed E-state index contributed by atoms with van der Waals surface area (Å²) in [6, 6.07) is 7.67. The van der Waals surface area contributed by atoms with E-state index in [0.717, 1.165) is 23.1 Å². The highest BCUT2D eigenvalue weighted by Gasteiger charge is 2.20. The number of benzene rings is 1. The van der Waals surface area contributed by atoms with E-state index in [1.54, 1.807) is 6.07 Å². The molecule has 0 aliphatic rings. The van der Waals surface area contributed by atoms with Crippen LogP contribution in [0.3, 0.4) is 0 Å². The Morgan fingerprint density at radius 1 is 1.23 bits per heavy atom. The summed E-state index contributed by atoms with van der Waals surface area (Å²) in [4.78, 5) is 36.6. The third kappa shape index (κ3) is 5.09. The molecule has 26 heavy (non-hydrogen) atoms. The average molecular weight is 393 g/mol. The number of hydrogen-bond acceptors (Lipinski definition) is 6. The van der Waals surface area contributed by atoms with Gasteiger partial charge in [-0.05, 0) is 43.7 Å². The Labute approximate surface area is 159 Å². The van der Waals surface area contributed by atoms with Gasteiger partial charge in [0.05, 0.1) is 16.6 Å². The smallest absolute Gasteiger partial charge is 0.316 e. The first-order chi connectivity index (χ1) is 12.3. The molecule has 0 fully saturated rings. The van der Waals surface area contributed by atoms with E-state index in [9.17, 15) is 19.5 Å². The Bertz CT molecular complexity index is 813. The molecule has 2 aromatic rings. The first kappa shape index (κ1) is 20.0. The standard InChI is InChI=1S/C18H19NO5S2/c1-3-13-8-14(16(22)11-4-6-12(20)7-5-11)17(26-13)19-15(21)9-25-10(2)18(23)24/h4-8,10,20H,3,9H2,1-2H3,(H,19,21)(H,23,24). The molecule has 1 unspecified atom stereocenters. The molecule has 3 N–H and O–H groups in total. The largest absolute Gasteiger partial charge is 0.508 e. The Balaban J connectivity index is 2.17. The molecule has 0 saturated heterocycles. The van der Waals surface area contributed by atoms with Gasteiger partial charge in [0.15, 0.2) is 5.78 Å². The minimum absolute atomic E-state index is 0.0142. The molecule has 0 aliphatic heterocycles. The molecule has 0 aliphatic carbocycles. The summed E-state index contributed by atoms with van der Waals surface area (Å²) >= 11 is 2.34. The van der Waals surface area contributed by atoms with Crippen LogP contribution < -0.4 is 5.32 Å². The van der Waals surface area contributed by atoms with Crippen molar-refractivity contribution in [1.29, 1.82) is 0 Å². The predicted molar refractivity (Wildman–Crippen MR) is 103 cm³/mol. The minimum Gasteiger partial charge on any atom is -0.508 e. The fourth-order valence-corrected chi connectivity index (χ4v) is 3.71. The van der Waals surface area contributed by atoms with E-state index in [1.807, 2.05) is 6.92 Å². The molecule has 0 spiro atoms. The van der Waals surface area contributed by atoms with Crippen LogP contribution in [0, 0.1) is 0 Å². The highest BCUT2D eigenvalue weighted by atomic mass is 32.2. The maximum Gasteiger partial charge on any atom is 0.316 e. The molecule has 1 heterocycles. The number of carbonyl (C=O) groups excluding carboxylic acids is 2. The van der Waals surface area contributed by atoms with Gasteiger partial charge in [0.2, 0.25) is 5.91 Å². The van der Waals surface area contributed by atoms with E-state index in [1.165, 1.54) is 42.5 Å². The Morgan fingerprint density at radius 2 is 1.88 bits per heavy atom. The molecule has 138 valence electrons. The van der Waals surface area contributed by atoms with Gasteiger partial charge in [0, 0.05) is 10.4 Å². The molecule has 0 radical (unpaired) electrons. The molecule has 2 rings (SSSR count). The van der Waals surface area contributed by atoms with Gasteiger partial charge in [0.25, 0.3) is 0 Å². The molecule has 0 saturated carbocycles. The van der Waals surface area contributed by atoms with E-state index in [0.29, 0.717) is 16.1 Å². The van der Waals surface area contributed by atoms with Crippen molar-refractivity contribution in [3.63, 3.8) is 0 Å². The Hall–Kier alpha value is -2.32. The number of nitrogens with one attached hydrogen (secondary N) is 1. The number of aromatic hydroxyl groups is 1. The Kier molecular flexibility index (Phi) is 6.82. The summed E-state index contributed by atoms with van der Waals surface area (Å²) in [5, 5.41) is 20.7. The number of aryl methyl sites for hydroxylation is 1. The van der Waals surface area contributed by atoms with Gasteiger partial charge in [-0.1, -0.05) is 6.92 Å². The van der Waals surface area contributed by atoms with Crippen LogP contribution in [0.2, 0.25) is 0 Å².